The van der Waals surface area contributed by atoms with E-state index in [4.69, 9.17) is 4.98 Å². The van der Waals surface area contributed by atoms with Gasteiger partial charge in [0.15, 0.2) is 0 Å². The van der Waals surface area contributed by atoms with Crippen LogP contribution in [0.4, 0.5) is 0 Å². The van der Waals surface area contributed by atoms with Crippen molar-refractivity contribution >= 4 is 0 Å². The first-order chi connectivity index (χ1) is 10.5. The molecule has 0 atom stereocenters. The predicted molar refractivity (Wildman–Crippen MR) is 93.8 cm³/mol. The minimum Gasteiger partial charge on any atom is -0.256 e. The number of hydrogen-bond donors (Lipinski definition) is 0. The molecule has 1 aromatic carbocycles. The molecule has 1 aliphatic carbocycles. The van der Waals surface area contributed by atoms with Gasteiger partial charge in [-0.25, -0.2) is 0 Å². The molecule has 0 unspecified atom stereocenters. The van der Waals surface area contributed by atoms with Gasteiger partial charge < -0.3 is 0 Å². The molecule has 0 aliphatic heterocycles. The summed E-state index contributed by atoms with van der Waals surface area (Å²) >= 11 is 0. The molecule has 0 spiro atoms. The van der Waals surface area contributed by atoms with Crippen molar-refractivity contribution in [1.82, 2.24) is 4.98 Å². The standard InChI is InChI=1S/C21H23N/c1-14-15(2)17(4)21(5,16(14)3)19-12-9-13-22-20(19)18-10-7-6-8-11-18/h6-13H,1-5H3. The first-order valence-electron chi connectivity index (χ1n) is 7.85. The second kappa shape index (κ2) is 5.24. The third-order valence-electron chi connectivity index (χ3n) is 5.58. The molecule has 3 rings (SSSR count). The fourth-order valence-corrected chi connectivity index (χ4v) is 3.63. The fraction of sp³-hybridized carbons (Fsp3) is 0.286. The van der Waals surface area contributed by atoms with Crippen molar-refractivity contribution in [3.63, 3.8) is 0 Å². The van der Waals surface area contributed by atoms with Crippen molar-refractivity contribution in [2.24, 2.45) is 0 Å². The van der Waals surface area contributed by atoms with Gasteiger partial charge in [0, 0.05) is 17.2 Å². The van der Waals surface area contributed by atoms with E-state index in [1.54, 1.807) is 0 Å². The van der Waals surface area contributed by atoms with E-state index in [2.05, 4.69) is 71.0 Å². The topological polar surface area (TPSA) is 12.9 Å². The maximum atomic E-state index is 4.71. The first-order valence-corrected chi connectivity index (χ1v) is 7.85. The highest BCUT2D eigenvalue weighted by Crippen LogP contribution is 2.50. The molecule has 0 N–H and O–H groups in total. The molecule has 1 heterocycles. The van der Waals surface area contributed by atoms with Crippen LogP contribution in [0.25, 0.3) is 11.3 Å². The Morgan fingerprint density at radius 3 is 1.95 bits per heavy atom. The minimum absolute atomic E-state index is 0.0619. The van der Waals surface area contributed by atoms with Gasteiger partial charge in [0.05, 0.1) is 5.69 Å². The number of hydrogen-bond acceptors (Lipinski definition) is 1. The lowest BCUT2D eigenvalue weighted by atomic mass is 9.72. The van der Waals surface area contributed by atoms with Crippen molar-refractivity contribution in [2.45, 2.75) is 40.0 Å². The monoisotopic (exact) mass is 289 g/mol. The smallest absolute Gasteiger partial charge is 0.0746 e. The number of pyridine rings is 1. The Balaban J connectivity index is 2.27. The van der Waals surface area contributed by atoms with Gasteiger partial charge in [0.25, 0.3) is 0 Å². The Morgan fingerprint density at radius 1 is 0.773 bits per heavy atom. The van der Waals surface area contributed by atoms with Crippen molar-refractivity contribution in [1.29, 1.82) is 0 Å². The fourth-order valence-electron chi connectivity index (χ4n) is 3.63. The molecule has 1 aromatic heterocycles. The SMILES string of the molecule is CC1=C(C)C(C)(c2cccnc2-c2ccccc2)C(C)=C1C. The quantitative estimate of drug-likeness (QED) is 0.691. The minimum atomic E-state index is -0.0619. The van der Waals surface area contributed by atoms with Crippen LogP contribution in [0, 0.1) is 0 Å². The maximum absolute atomic E-state index is 4.71. The van der Waals surface area contributed by atoms with Crippen LogP contribution in [0.2, 0.25) is 0 Å². The molecule has 0 fully saturated rings. The van der Waals surface area contributed by atoms with E-state index in [0.717, 1.165) is 5.69 Å². The number of rotatable bonds is 2. The van der Waals surface area contributed by atoms with Crippen LogP contribution < -0.4 is 0 Å². The van der Waals surface area contributed by atoms with E-state index >= 15 is 0 Å². The molecule has 0 saturated heterocycles. The summed E-state index contributed by atoms with van der Waals surface area (Å²) in [7, 11) is 0. The third kappa shape index (κ3) is 1.96. The zero-order valence-electron chi connectivity index (χ0n) is 14.1. The number of aromatic nitrogens is 1. The van der Waals surface area contributed by atoms with Gasteiger partial charge in [-0.3, -0.25) is 4.98 Å². The van der Waals surface area contributed by atoms with Gasteiger partial charge >= 0.3 is 0 Å². The van der Waals surface area contributed by atoms with E-state index < -0.39 is 0 Å². The zero-order chi connectivity index (χ0) is 15.9. The number of benzene rings is 1. The first kappa shape index (κ1) is 14.8. The molecule has 1 aliphatic rings. The molecular formula is C21H23N. The Morgan fingerprint density at radius 2 is 1.36 bits per heavy atom. The molecule has 112 valence electrons. The molecule has 2 aromatic rings. The number of allylic oxidation sites excluding steroid dienone is 4. The van der Waals surface area contributed by atoms with Crippen LogP contribution in [-0.4, -0.2) is 4.98 Å². The highest BCUT2D eigenvalue weighted by atomic mass is 14.7. The largest absolute Gasteiger partial charge is 0.256 e. The van der Waals surface area contributed by atoms with E-state index in [0.29, 0.717) is 0 Å². The highest BCUT2D eigenvalue weighted by Gasteiger charge is 2.39. The van der Waals surface area contributed by atoms with Crippen molar-refractivity contribution in [3.05, 3.63) is 76.5 Å². The lowest BCUT2D eigenvalue weighted by molar-refractivity contribution is 0.665. The van der Waals surface area contributed by atoms with Crippen LogP contribution in [0.1, 0.15) is 40.2 Å². The molecular weight excluding hydrogens is 266 g/mol. The molecule has 1 heteroatoms. The van der Waals surface area contributed by atoms with Crippen LogP contribution >= 0.6 is 0 Å². The summed E-state index contributed by atoms with van der Waals surface area (Å²) in [6, 6.07) is 14.8. The second-order valence-corrected chi connectivity index (χ2v) is 6.39. The van der Waals surface area contributed by atoms with E-state index in [1.165, 1.54) is 33.4 Å². The van der Waals surface area contributed by atoms with Crippen LogP contribution in [0.5, 0.6) is 0 Å². The van der Waals surface area contributed by atoms with Crippen LogP contribution in [0.15, 0.2) is 71.0 Å². The Kier molecular flexibility index (Phi) is 3.52. The van der Waals surface area contributed by atoms with E-state index in [9.17, 15) is 0 Å². The van der Waals surface area contributed by atoms with Gasteiger partial charge in [0.2, 0.25) is 0 Å². The summed E-state index contributed by atoms with van der Waals surface area (Å²) in [5.74, 6) is 0. The molecule has 0 saturated carbocycles. The summed E-state index contributed by atoms with van der Waals surface area (Å²) in [6.07, 6.45) is 1.89. The summed E-state index contributed by atoms with van der Waals surface area (Å²) in [6.45, 7) is 11.3. The second-order valence-electron chi connectivity index (χ2n) is 6.39. The lowest BCUT2D eigenvalue weighted by Crippen LogP contribution is -2.24. The summed E-state index contributed by atoms with van der Waals surface area (Å²) in [5, 5.41) is 0. The molecule has 22 heavy (non-hydrogen) atoms. The van der Waals surface area contributed by atoms with Gasteiger partial charge in [-0.05, 0) is 57.4 Å². The summed E-state index contributed by atoms with van der Waals surface area (Å²) in [4.78, 5) is 4.71. The Labute approximate surface area is 133 Å². The van der Waals surface area contributed by atoms with Crippen molar-refractivity contribution in [3.8, 4) is 11.3 Å². The van der Waals surface area contributed by atoms with Crippen LogP contribution in [-0.2, 0) is 5.41 Å². The molecule has 0 amide bonds. The van der Waals surface area contributed by atoms with Gasteiger partial charge in [-0.15, -0.1) is 0 Å². The van der Waals surface area contributed by atoms with E-state index in [-0.39, 0.29) is 5.41 Å². The Bertz CT molecular complexity index is 755. The van der Waals surface area contributed by atoms with Crippen molar-refractivity contribution in [2.75, 3.05) is 0 Å². The molecule has 1 nitrogen and oxygen atoms in total. The number of nitrogens with zero attached hydrogens (tertiary/aromatic N) is 1. The van der Waals surface area contributed by atoms with Crippen LogP contribution in [0.3, 0.4) is 0 Å². The third-order valence-corrected chi connectivity index (χ3v) is 5.58. The lowest BCUT2D eigenvalue weighted by Gasteiger charge is -2.31. The normalized spacial score (nSPS) is 17.3. The molecule has 0 radical (unpaired) electrons. The van der Waals surface area contributed by atoms with Gasteiger partial charge in [-0.1, -0.05) is 47.5 Å². The summed E-state index contributed by atoms with van der Waals surface area (Å²) < 4.78 is 0. The zero-order valence-corrected chi connectivity index (χ0v) is 14.1. The van der Waals surface area contributed by atoms with Gasteiger partial charge in [0.1, 0.15) is 0 Å². The predicted octanol–water partition coefficient (Wildman–Crippen LogP) is 5.69. The van der Waals surface area contributed by atoms with Gasteiger partial charge in [-0.2, -0.15) is 0 Å². The Hall–Kier alpha value is -2.15. The average molecular weight is 289 g/mol. The van der Waals surface area contributed by atoms with Crippen molar-refractivity contribution < 1.29 is 0 Å². The molecule has 0 bridgehead atoms. The summed E-state index contributed by atoms with van der Waals surface area (Å²) in [5.41, 5.74) is 9.22. The maximum Gasteiger partial charge on any atom is 0.0746 e. The average Bonchev–Trinajstić information content (AvgIpc) is 2.72. The highest BCUT2D eigenvalue weighted by molar-refractivity contribution is 5.70. The van der Waals surface area contributed by atoms with E-state index in [1.807, 2.05) is 12.3 Å².